The number of likely N-dealkylation sites (N-methyl/N-ethyl adjacent to an activating group) is 1. The van der Waals surface area contributed by atoms with Crippen LogP contribution in [0.1, 0.15) is 26.7 Å². The lowest BCUT2D eigenvalue weighted by Gasteiger charge is -2.36. The number of ether oxygens (including phenoxy) is 1. The Kier molecular flexibility index (Phi) is 5.77. The fourth-order valence-electron chi connectivity index (χ4n) is 2.01. The number of amidine groups is 1. The fourth-order valence-corrected chi connectivity index (χ4v) is 2.01. The van der Waals surface area contributed by atoms with E-state index in [1.54, 1.807) is 0 Å². The van der Waals surface area contributed by atoms with Crippen molar-refractivity contribution in [2.24, 2.45) is 0 Å². The molecular weight excluding hydrogens is 202 g/mol. The van der Waals surface area contributed by atoms with Gasteiger partial charge in [-0.3, -0.25) is 5.41 Å². The van der Waals surface area contributed by atoms with Gasteiger partial charge in [0.25, 0.3) is 0 Å². The van der Waals surface area contributed by atoms with Crippen molar-refractivity contribution in [2.45, 2.75) is 32.8 Å². The third-order valence-corrected chi connectivity index (χ3v) is 3.07. The molecule has 1 heterocycles. The van der Waals surface area contributed by atoms with Crippen molar-refractivity contribution in [3.05, 3.63) is 0 Å². The first kappa shape index (κ1) is 13.5. The second kappa shape index (κ2) is 6.86. The maximum atomic E-state index is 8.20. The van der Waals surface area contributed by atoms with Crippen molar-refractivity contribution in [2.75, 3.05) is 39.8 Å². The standard InChI is InChI=1S/C12H25N3O/c1-4-6-11(16-5-2)12(13)15-9-7-14(3)8-10-15/h11,13H,4-10H2,1-3H3. The van der Waals surface area contributed by atoms with Gasteiger partial charge in [-0.15, -0.1) is 0 Å². The molecule has 4 nitrogen and oxygen atoms in total. The third-order valence-electron chi connectivity index (χ3n) is 3.07. The van der Waals surface area contributed by atoms with E-state index in [-0.39, 0.29) is 6.10 Å². The van der Waals surface area contributed by atoms with Crippen LogP contribution in [-0.4, -0.2) is 61.6 Å². The molecule has 1 fully saturated rings. The summed E-state index contributed by atoms with van der Waals surface area (Å²) in [5.74, 6) is 0.678. The van der Waals surface area contributed by atoms with Crippen LogP contribution in [0, 0.1) is 5.41 Å². The highest BCUT2D eigenvalue weighted by atomic mass is 16.5. The lowest BCUT2D eigenvalue weighted by Crippen LogP contribution is -2.50. The van der Waals surface area contributed by atoms with Crippen LogP contribution in [0.4, 0.5) is 0 Å². The van der Waals surface area contributed by atoms with Crippen LogP contribution in [-0.2, 0) is 4.74 Å². The third kappa shape index (κ3) is 3.76. The number of nitrogens with zero attached hydrogens (tertiary/aromatic N) is 2. The van der Waals surface area contributed by atoms with Gasteiger partial charge in [-0.2, -0.15) is 0 Å². The lowest BCUT2D eigenvalue weighted by molar-refractivity contribution is 0.0872. The van der Waals surface area contributed by atoms with Gasteiger partial charge in [0.2, 0.25) is 0 Å². The average Bonchev–Trinajstić information content (AvgIpc) is 2.29. The van der Waals surface area contributed by atoms with Gasteiger partial charge in [0.15, 0.2) is 0 Å². The molecule has 1 unspecified atom stereocenters. The van der Waals surface area contributed by atoms with E-state index in [0.717, 1.165) is 39.0 Å². The van der Waals surface area contributed by atoms with Gasteiger partial charge in [-0.1, -0.05) is 13.3 Å². The Morgan fingerprint density at radius 2 is 1.88 bits per heavy atom. The second-order valence-corrected chi connectivity index (χ2v) is 4.41. The zero-order valence-corrected chi connectivity index (χ0v) is 10.8. The van der Waals surface area contributed by atoms with Crippen molar-refractivity contribution >= 4 is 5.84 Å². The van der Waals surface area contributed by atoms with Crippen LogP contribution in [0.5, 0.6) is 0 Å². The summed E-state index contributed by atoms with van der Waals surface area (Å²) < 4.78 is 5.64. The number of piperazine rings is 1. The zero-order valence-electron chi connectivity index (χ0n) is 10.8. The molecule has 0 bridgehead atoms. The molecule has 1 aliphatic rings. The van der Waals surface area contributed by atoms with Crippen LogP contribution in [0.25, 0.3) is 0 Å². The fraction of sp³-hybridized carbons (Fsp3) is 0.917. The summed E-state index contributed by atoms with van der Waals surface area (Å²) in [5, 5.41) is 8.20. The monoisotopic (exact) mass is 227 g/mol. The predicted octanol–water partition coefficient (Wildman–Crippen LogP) is 1.42. The smallest absolute Gasteiger partial charge is 0.126 e. The number of nitrogens with one attached hydrogen (secondary N) is 1. The summed E-state index contributed by atoms with van der Waals surface area (Å²) in [6.45, 7) is 8.86. The summed E-state index contributed by atoms with van der Waals surface area (Å²) in [6, 6.07) is 0. The number of rotatable bonds is 5. The van der Waals surface area contributed by atoms with Crippen molar-refractivity contribution in [3.8, 4) is 0 Å². The van der Waals surface area contributed by atoms with E-state index >= 15 is 0 Å². The minimum atomic E-state index is -0.00148. The Hall–Kier alpha value is -0.610. The quantitative estimate of drug-likeness (QED) is 0.570. The molecule has 1 rings (SSSR count). The lowest BCUT2D eigenvalue weighted by atomic mass is 10.1. The first-order chi connectivity index (χ1) is 7.69. The maximum absolute atomic E-state index is 8.20. The molecule has 1 N–H and O–H groups in total. The SMILES string of the molecule is CCCC(OCC)C(=N)N1CCN(C)CC1. The van der Waals surface area contributed by atoms with Crippen molar-refractivity contribution in [1.29, 1.82) is 5.41 Å². The highest BCUT2D eigenvalue weighted by molar-refractivity contribution is 5.83. The topological polar surface area (TPSA) is 39.6 Å². The van der Waals surface area contributed by atoms with Gasteiger partial charge in [0.1, 0.15) is 11.9 Å². The van der Waals surface area contributed by atoms with E-state index in [1.165, 1.54) is 0 Å². The van der Waals surface area contributed by atoms with E-state index in [9.17, 15) is 0 Å². The molecule has 0 aromatic heterocycles. The van der Waals surface area contributed by atoms with Gasteiger partial charge >= 0.3 is 0 Å². The molecule has 94 valence electrons. The summed E-state index contributed by atoms with van der Waals surface area (Å²) in [5.41, 5.74) is 0. The minimum absolute atomic E-state index is 0.00148. The Bertz CT molecular complexity index is 206. The van der Waals surface area contributed by atoms with E-state index < -0.39 is 0 Å². The van der Waals surface area contributed by atoms with Gasteiger partial charge in [-0.25, -0.2) is 0 Å². The van der Waals surface area contributed by atoms with Gasteiger partial charge in [0.05, 0.1) is 0 Å². The average molecular weight is 227 g/mol. The highest BCUT2D eigenvalue weighted by Crippen LogP contribution is 2.09. The summed E-state index contributed by atoms with van der Waals surface area (Å²) in [6.07, 6.45) is 2.03. The van der Waals surface area contributed by atoms with E-state index in [2.05, 4.69) is 23.8 Å². The largest absolute Gasteiger partial charge is 0.371 e. The van der Waals surface area contributed by atoms with Gasteiger partial charge in [-0.05, 0) is 20.4 Å². The van der Waals surface area contributed by atoms with E-state index in [4.69, 9.17) is 10.1 Å². The van der Waals surface area contributed by atoms with Gasteiger partial charge < -0.3 is 14.5 Å². The predicted molar refractivity (Wildman–Crippen MR) is 67.1 cm³/mol. The molecule has 0 saturated carbocycles. The molecule has 0 aromatic rings. The van der Waals surface area contributed by atoms with Crippen molar-refractivity contribution < 1.29 is 4.74 Å². The molecule has 0 aromatic carbocycles. The Morgan fingerprint density at radius 3 is 2.38 bits per heavy atom. The maximum Gasteiger partial charge on any atom is 0.126 e. The second-order valence-electron chi connectivity index (χ2n) is 4.41. The Balaban J connectivity index is 2.46. The number of hydrogen-bond acceptors (Lipinski definition) is 3. The molecule has 1 aliphatic heterocycles. The molecule has 4 heteroatoms. The van der Waals surface area contributed by atoms with Crippen molar-refractivity contribution in [1.82, 2.24) is 9.80 Å². The normalized spacial score (nSPS) is 19.8. The molecule has 0 spiro atoms. The summed E-state index contributed by atoms with van der Waals surface area (Å²) in [4.78, 5) is 4.47. The first-order valence-electron chi connectivity index (χ1n) is 6.32. The molecule has 1 saturated heterocycles. The molecule has 0 amide bonds. The van der Waals surface area contributed by atoms with E-state index in [0.29, 0.717) is 12.4 Å². The minimum Gasteiger partial charge on any atom is -0.371 e. The summed E-state index contributed by atoms with van der Waals surface area (Å²) in [7, 11) is 2.13. The first-order valence-corrected chi connectivity index (χ1v) is 6.32. The van der Waals surface area contributed by atoms with Crippen LogP contribution >= 0.6 is 0 Å². The molecule has 1 atom stereocenters. The zero-order chi connectivity index (χ0) is 12.0. The van der Waals surface area contributed by atoms with Crippen molar-refractivity contribution in [3.63, 3.8) is 0 Å². The van der Waals surface area contributed by atoms with E-state index in [1.807, 2.05) is 6.92 Å². The van der Waals surface area contributed by atoms with Crippen LogP contribution < -0.4 is 0 Å². The summed E-state index contributed by atoms with van der Waals surface area (Å²) >= 11 is 0. The highest BCUT2D eigenvalue weighted by Gasteiger charge is 2.22. The molecule has 0 aliphatic carbocycles. The Morgan fingerprint density at radius 1 is 1.25 bits per heavy atom. The number of hydrogen-bond donors (Lipinski definition) is 1. The Labute approximate surface area is 99.1 Å². The van der Waals surface area contributed by atoms with Crippen LogP contribution in [0.3, 0.4) is 0 Å². The van der Waals surface area contributed by atoms with Crippen LogP contribution in [0.2, 0.25) is 0 Å². The van der Waals surface area contributed by atoms with Crippen LogP contribution in [0.15, 0.2) is 0 Å². The molecule has 16 heavy (non-hydrogen) atoms. The van der Waals surface area contributed by atoms with Gasteiger partial charge in [0, 0.05) is 32.8 Å². The molecular formula is C12H25N3O. The molecule has 0 radical (unpaired) electrons.